The second-order valence-corrected chi connectivity index (χ2v) is 7.99. The number of hydrogen-bond donors (Lipinski definition) is 0. The van der Waals surface area contributed by atoms with E-state index < -0.39 is 0 Å². The van der Waals surface area contributed by atoms with Crippen molar-refractivity contribution in [1.29, 1.82) is 0 Å². The first kappa shape index (κ1) is 17.8. The van der Waals surface area contributed by atoms with Crippen molar-refractivity contribution >= 4 is 6.71 Å². The zero-order valence-electron chi connectivity index (χ0n) is 14.5. The predicted octanol–water partition coefficient (Wildman–Crippen LogP) is 6.11. The average Bonchev–Trinajstić information content (AvgIpc) is 2.14. The molecule has 0 spiro atoms. The van der Waals surface area contributed by atoms with E-state index >= 15 is 0 Å². The van der Waals surface area contributed by atoms with Crippen molar-refractivity contribution in [2.75, 3.05) is 0 Å². The summed E-state index contributed by atoms with van der Waals surface area (Å²) in [7, 11) is 0. The van der Waals surface area contributed by atoms with Crippen LogP contribution in [0.3, 0.4) is 0 Å². The molecule has 0 heterocycles. The van der Waals surface area contributed by atoms with Crippen molar-refractivity contribution in [3.8, 4) is 0 Å². The zero-order valence-corrected chi connectivity index (χ0v) is 14.5. The van der Waals surface area contributed by atoms with E-state index in [1.165, 1.54) is 0 Å². The summed E-state index contributed by atoms with van der Waals surface area (Å²) in [4.78, 5) is 0. The van der Waals surface area contributed by atoms with E-state index in [4.69, 9.17) is 0 Å². The minimum atomic E-state index is 0.287. The molecule has 0 aliphatic carbocycles. The molecule has 106 valence electrons. The Hall–Kier alpha value is -0.195. The van der Waals surface area contributed by atoms with Gasteiger partial charge in [0.15, 0.2) is 6.71 Å². The molecule has 0 aliphatic heterocycles. The highest BCUT2D eigenvalue weighted by Gasteiger charge is 2.33. The van der Waals surface area contributed by atoms with E-state index in [0.717, 1.165) is 23.5 Å². The first-order valence-corrected chi connectivity index (χ1v) is 7.66. The van der Waals surface area contributed by atoms with E-state index in [9.17, 15) is 0 Å². The molecule has 0 amide bonds. The third-order valence-corrected chi connectivity index (χ3v) is 4.42. The molecule has 1 heteroatoms. The Morgan fingerprint density at radius 1 is 0.833 bits per heavy atom. The van der Waals surface area contributed by atoms with Crippen LogP contribution in [0.25, 0.3) is 0 Å². The standard InChI is InChI=1S/C17H35B/c1-12(2)15(6)18(16(7)13(3)4)14(5)11-17(8,9)10/h11-13,15-16H,1-10H3/b14-11+. The van der Waals surface area contributed by atoms with Gasteiger partial charge in [0.05, 0.1) is 0 Å². The Morgan fingerprint density at radius 2 is 1.17 bits per heavy atom. The smallest absolute Gasteiger partial charge is 0.107 e. The van der Waals surface area contributed by atoms with Crippen LogP contribution < -0.4 is 0 Å². The van der Waals surface area contributed by atoms with Gasteiger partial charge in [-0.25, -0.2) is 0 Å². The number of hydrogen-bond acceptors (Lipinski definition) is 0. The molecule has 0 rings (SSSR count). The summed E-state index contributed by atoms with van der Waals surface area (Å²) in [6.07, 6.45) is 2.48. The number of allylic oxidation sites excluding steroid dienone is 2. The van der Waals surface area contributed by atoms with Gasteiger partial charge in [-0.2, -0.15) is 0 Å². The molecule has 2 atom stereocenters. The number of rotatable bonds is 5. The fourth-order valence-corrected chi connectivity index (χ4v) is 2.92. The summed E-state index contributed by atoms with van der Waals surface area (Å²) in [6, 6.07) is 0. The molecule has 0 bridgehead atoms. The lowest BCUT2D eigenvalue weighted by Gasteiger charge is -2.33. The summed E-state index contributed by atoms with van der Waals surface area (Å²) in [5, 5.41) is 0. The molecule has 0 aromatic carbocycles. The Labute approximate surface area is 117 Å². The van der Waals surface area contributed by atoms with Gasteiger partial charge in [-0.3, -0.25) is 0 Å². The van der Waals surface area contributed by atoms with E-state index in [0.29, 0.717) is 6.71 Å². The van der Waals surface area contributed by atoms with Gasteiger partial charge in [-0.15, -0.1) is 5.47 Å². The van der Waals surface area contributed by atoms with Gasteiger partial charge in [0.1, 0.15) is 0 Å². The highest BCUT2D eigenvalue weighted by molar-refractivity contribution is 6.69. The first-order valence-electron chi connectivity index (χ1n) is 7.66. The average molecular weight is 250 g/mol. The SMILES string of the molecule is C/C(=C\C(C)(C)C)B(C(C)C(C)C)C(C)C(C)C. The molecular formula is C17H35B. The quantitative estimate of drug-likeness (QED) is 0.517. The Morgan fingerprint density at radius 3 is 1.39 bits per heavy atom. The highest BCUT2D eigenvalue weighted by atomic mass is 14.2. The first-order chi connectivity index (χ1) is 7.97. The lowest BCUT2D eigenvalue weighted by molar-refractivity contribution is 0.537. The normalized spacial score (nSPS) is 17.2. The molecule has 0 radical (unpaired) electrons. The summed E-state index contributed by atoms with van der Waals surface area (Å²) >= 11 is 0. The Balaban J connectivity index is 5.29. The van der Waals surface area contributed by atoms with Crippen molar-refractivity contribution in [2.24, 2.45) is 17.3 Å². The predicted molar refractivity (Wildman–Crippen MR) is 87.5 cm³/mol. The summed E-state index contributed by atoms with van der Waals surface area (Å²) in [5.74, 6) is 3.00. The van der Waals surface area contributed by atoms with Gasteiger partial charge >= 0.3 is 0 Å². The molecule has 18 heavy (non-hydrogen) atoms. The Kier molecular flexibility index (Phi) is 6.75. The van der Waals surface area contributed by atoms with Crippen LogP contribution in [0.5, 0.6) is 0 Å². The summed E-state index contributed by atoms with van der Waals surface area (Å²) in [5.41, 5.74) is 1.88. The van der Waals surface area contributed by atoms with Crippen molar-refractivity contribution < 1.29 is 0 Å². The van der Waals surface area contributed by atoms with Crippen LogP contribution in [0.4, 0.5) is 0 Å². The maximum Gasteiger partial charge on any atom is 0.176 e. The van der Waals surface area contributed by atoms with Crippen LogP contribution in [-0.2, 0) is 0 Å². The molecule has 0 N–H and O–H groups in total. The van der Waals surface area contributed by atoms with Gasteiger partial charge in [0.2, 0.25) is 0 Å². The molecule has 0 saturated heterocycles. The van der Waals surface area contributed by atoms with Crippen LogP contribution in [0, 0.1) is 17.3 Å². The van der Waals surface area contributed by atoms with Crippen molar-refractivity contribution in [3.63, 3.8) is 0 Å². The van der Waals surface area contributed by atoms with Crippen LogP contribution in [0.15, 0.2) is 11.5 Å². The molecule has 0 fully saturated rings. The second-order valence-electron chi connectivity index (χ2n) is 7.99. The third kappa shape index (κ3) is 5.63. The minimum absolute atomic E-state index is 0.287. The largest absolute Gasteiger partial charge is 0.176 e. The zero-order chi connectivity index (χ0) is 14.7. The van der Waals surface area contributed by atoms with E-state index in [1.54, 1.807) is 5.47 Å². The van der Waals surface area contributed by atoms with Gasteiger partial charge in [-0.05, 0) is 5.41 Å². The molecule has 0 aromatic heterocycles. The van der Waals surface area contributed by atoms with Gasteiger partial charge in [0.25, 0.3) is 0 Å². The van der Waals surface area contributed by atoms with Crippen molar-refractivity contribution in [1.82, 2.24) is 0 Å². The second kappa shape index (κ2) is 6.82. The fourth-order valence-electron chi connectivity index (χ4n) is 2.92. The molecule has 0 aliphatic rings. The molecule has 0 aromatic rings. The third-order valence-electron chi connectivity index (χ3n) is 4.42. The topological polar surface area (TPSA) is 0 Å². The van der Waals surface area contributed by atoms with Crippen molar-refractivity contribution in [2.45, 2.75) is 80.9 Å². The van der Waals surface area contributed by atoms with Gasteiger partial charge in [0, 0.05) is 0 Å². The van der Waals surface area contributed by atoms with Crippen LogP contribution in [0.2, 0.25) is 11.6 Å². The van der Waals surface area contributed by atoms with Crippen LogP contribution in [0.1, 0.15) is 69.2 Å². The van der Waals surface area contributed by atoms with Gasteiger partial charge in [-0.1, -0.05) is 98.8 Å². The summed E-state index contributed by atoms with van der Waals surface area (Å²) in [6.45, 7) is 24.2. The minimum Gasteiger partial charge on any atom is -0.107 e. The lowest BCUT2D eigenvalue weighted by Crippen LogP contribution is -2.32. The molecular weight excluding hydrogens is 215 g/mol. The lowest BCUT2D eigenvalue weighted by atomic mass is 9.28. The van der Waals surface area contributed by atoms with E-state index in [2.05, 4.69) is 75.3 Å². The van der Waals surface area contributed by atoms with E-state index in [1.807, 2.05) is 0 Å². The molecule has 0 saturated carbocycles. The maximum atomic E-state index is 2.48. The molecule has 0 nitrogen and oxygen atoms in total. The Bertz CT molecular complexity index is 254. The van der Waals surface area contributed by atoms with Crippen LogP contribution in [-0.4, -0.2) is 6.71 Å². The molecule has 2 unspecified atom stereocenters. The monoisotopic (exact) mass is 250 g/mol. The van der Waals surface area contributed by atoms with Crippen molar-refractivity contribution in [3.05, 3.63) is 11.5 Å². The van der Waals surface area contributed by atoms with E-state index in [-0.39, 0.29) is 5.41 Å². The fraction of sp³-hybridized carbons (Fsp3) is 0.882. The van der Waals surface area contributed by atoms with Gasteiger partial charge < -0.3 is 0 Å². The summed E-state index contributed by atoms with van der Waals surface area (Å²) < 4.78 is 0. The van der Waals surface area contributed by atoms with Crippen LogP contribution >= 0.6 is 0 Å². The highest BCUT2D eigenvalue weighted by Crippen LogP contribution is 2.37. The maximum absolute atomic E-state index is 2.48.